The predicted molar refractivity (Wildman–Crippen MR) is 117 cm³/mol. The molecule has 0 spiro atoms. The number of hydrogen-bond donors (Lipinski definition) is 0. The van der Waals surface area contributed by atoms with Crippen LogP contribution in [0.2, 0.25) is 0 Å². The van der Waals surface area contributed by atoms with Crippen LogP contribution < -0.4 is 4.90 Å². The Labute approximate surface area is 181 Å². The molecule has 0 saturated carbocycles. The Hall–Kier alpha value is -2.31. The molecule has 2 aliphatic rings. The zero-order valence-electron chi connectivity index (χ0n) is 17.6. The normalized spacial score (nSPS) is 23.8. The van der Waals surface area contributed by atoms with Crippen LogP contribution >= 0.6 is 11.8 Å². The minimum absolute atomic E-state index is 0.0368. The number of rotatable bonds is 4. The smallest absolute Gasteiger partial charge is 0.303 e. The molecule has 1 saturated heterocycles. The molecule has 0 aromatic heterocycles. The van der Waals surface area contributed by atoms with E-state index in [1.165, 1.54) is 12.5 Å². The van der Waals surface area contributed by atoms with Crippen LogP contribution in [-0.4, -0.2) is 31.6 Å². The predicted octanol–water partition coefficient (Wildman–Crippen LogP) is 4.70. The van der Waals surface area contributed by atoms with E-state index in [0.29, 0.717) is 25.9 Å². The third-order valence-electron chi connectivity index (χ3n) is 5.86. The first-order chi connectivity index (χ1) is 14.4. The van der Waals surface area contributed by atoms with Gasteiger partial charge >= 0.3 is 5.97 Å². The van der Waals surface area contributed by atoms with Gasteiger partial charge in [0.1, 0.15) is 5.60 Å². The van der Waals surface area contributed by atoms with E-state index < -0.39 is 5.60 Å². The summed E-state index contributed by atoms with van der Waals surface area (Å²) in [6.45, 7) is 4.06. The second-order valence-electron chi connectivity index (χ2n) is 8.10. The van der Waals surface area contributed by atoms with Crippen molar-refractivity contribution in [3.05, 3.63) is 53.6 Å². The number of ether oxygens (including phenoxy) is 2. The molecule has 5 nitrogen and oxygen atoms in total. The summed E-state index contributed by atoms with van der Waals surface area (Å²) in [6.07, 6.45) is 2.68. The maximum Gasteiger partial charge on any atom is 0.303 e. The zero-order chi connectivity index (χ0) is 21.3. The quantitative estimate of drug-likeness (QED) is 0.665. The Bertz CT molecular complexity index is 975. The van der Waals surface area contributed by atoms with Gasteiger partial charge in [-0.25, -0.2) is 0 Å². The molecule has 2 atom stereocenters. The molecule has 0 bridgehead atoms. The number of esters is 1. The van der Waals surface area contributed by atoms with Crippen molar-refractivity contribution in [2.75, 3.05) is 18.6 Å². The van der Waals surface area contributed by atoms with Crippen molar-refractivity contribution in [3.8, 4) is 0 Å². The van der Waals surface area contributed by atoms with Crippen LogP contribution in [0.4, 0.5) is 5.69 Å². The minimum atomic E-state index is -0.640. The van der Waals surface area contributed by atoms with Crippen molar-refractivity contribution in [2.24, 2.45) is 0 Å². The minimum Gasteiger partial charge on any atom is -0.454 e. The van der Waals surface area contributed by atoms with Crippen molar-refractivity contribution < 1.29 is 19.1 Å². The number of nitrogens with zero attached hydrogens (tertiary/aromatic N) is 1. The van der Waals surface area contributed by atoms with E-state index in [2.05, 4.69) is 24.3 Å². The van der Waals surface area contributed by atoms with Crippen LogP contribution in [0.15, 0.2) is 52.3 Å². The number of benzene rings is 2. The highest BCUT2D eigenvalue weighted by Crippen LogP contribution is 2.41. The summed E-state index contributed by atoms with van der Waals surface area (Å²) in [5.74, 6) is -0.104. The van der Waals surface area contributed by atoms with Crippen molar-refractivity contribution in [1.82, 2.24) is 0 Å². The highest BCUT2D eigenvalue weighted by molar-refractivity contribution is 7.99. The molecule has 30 heavy (non-hydrogen) atoms. The summed E-state index contributed by atoms with van der Waals surface area (Å²) in [6, 6.07) is 14.5. The standard InChI is InChI=1S/C24H27NO4S/c1-16-15-24(11-12-28-16,29-17(2)26)19-5-4-6-20(14-19)30-21-8-9-22-18(13-21)7-10-23(27)25(22)3/h4-6,8-9,13-14,16H,7,10-12,15H2,1-3H3/t16-,24+/m0/s1. The van der Waals surface area contributed by atoms with Crippen molar-refractivity contribution in [2.45, 2.75) is 61.0 Å². The lowest BCUT2D eigenvalue weighted by atomic mass is 9.83. The van der Waals surface area contributed by atoms with Gasteiger partial charge in [-0.15, -0.1) is 0 Å². The Balaban J connectivity index is 1.60. The van der Waals surface area contributed by atoms with Crippen molar-refractivity contribution >= 4 is 29.3 Å². The van der Waals surface area contributed by atoms with E-state index in [-0.39, 0.29) is 18.0 Å². The van der Waals surface area contributed by atoms with Crippen LogP contribution in [0, 0.1) is 0 Å². The topological polar surface area (TPSA) is 55.8 Å². The molecule has 0 radical (unpaired) electrons. The monoisotopic (exact) mass is 425 g/mol. The SMILES string of the molecule is CC(=O)O[C@]1(c2cccc(Sc3ccc4c(c3)CCC(=O)N4C)c2)CCO[C@@H](C)C1. The lowest BCUT2D eigenvalue weighted by Crippen LogP contribution is -2.41. The van der Waals surface area contributed by atoms with Gasteiger partial charge in [-0.2, -0.15) is 0 Å². The van der Waals surface area contributed by atoms with Gasteiger partial charge in [-0.1, -0.05) is 23.9 Å². The van der Waals surface area contributed by atoms with E-state index in [9.17, 15) is 9.59 Å². The average molecular weight is 426 g/mol. The number of hydrogen-bond acceptors (Lipinski definition) is 5. The third-order valence-corrected chi connectivity index (χ3v) is 6.83. The Morgan fingerprint density at radius 1 is 1.20 bits per heavy atom. The summed E-state index contributed by atoms with van der Waals surface area (Å²) < 4.78 is 11.6. The first-order valence-corrected chi connectivity index (χ1v) is 11.2. The number of amides is 1. The van der Waals surface area contributed by atoms with Crippen molar-refractivity contribution in [3.63, 3.8) is 0 Å². The number of carbonyl (C=O) groups excluding carboxylic acids is 2. The molecule has 158 valence electrons. The lowest BCUT2D eigenvalue weighted by molar-refractivity contribution is -0.174. The molecule has 6 heteroatoms. The van der Waals surface area contributed by atoms with Gasteiger partial charge in [0.15, 0.2) is 0 Å². The van der Waals surface area contributed by atoms with E-state index in [0.717, 1.165) is 27.5 Å². The van der Waals surface area contributed by atoms with Crippen LogP contribution in [0.1, 0.15) is 44.2 Å². The van der Waals surface area contributed by atoms with Gasteiger partial charge < -0.3 is 14.4 Å². The van der Waals surface area contributed by atoms with Gasteiger partial charge in [0, 0.05) is 48.7 Å². The van der Waals surface area contributed by atoms with Gasteiger partial charge in [0.2, 0.25) is 5.91 Å². The Morgan fingerprint density at radius 2 is 2.00 bits per heavy atom. The molecule has 1 amide bonds. The van der Waals surface area contributed by atoms with E-state index in [1.807, 2.05) is 32.2 Å². The highest BCUT2D eigenvalue weighted by atomic mass is 32.2. The number of fused-ring (bicyclic) bond motifs is 1. The molecule has 0 unspecified atom stereocenters. The largest absolute Gasteiger partial charge is 0.454 e. The summed E-state index contributed by atoms with van der Waals surface area (Å²) in [4.78, 5) is 27.8. The van der Waals surface area contributed by atoms with Gasteiger partial charge in [-0.3, -0.25) is 9.59 Å². The molecule has 0 N–H and O–H groups in total. The van der Waals surface area contributed by atoms with Crippen LogP contribution in [0.3, 0.4) is 0 Å². The Kier molecular flexibility index (Phi) is 5.89. The van der Waals surface area contributed by atoms with E-state index in [1.54, 1.807) is 16.7 Å². The van der Waals surface area contributed by atoms with Crippen LogP contribution in [-0.2, 0) is 31.1 Å². The Morgan fingerprint density at radius 3 is 2.77 bits per heavy atom. The maximum atomic E-state index is 11.9. The van der Waals surface area contributed by atoms with Crippen LogP contribution in [0.25, 0.3) is 0 Å². The molecule has 2 aliphatic heterocycles. The third kappa shape index (κ3) is 4.25. The lowest BCUT2D eigenvalue weighted by Gasteiger charge is -2.39. The molecular weight excluding hydrogens is 398 g/mol. The molecule has 4 rings (SSSR count). The fourth-order valence-electron chi connectivity index (χ4n) is 4.41. The molecule has 2 aromatic rings. The van der Waals surface area contributed by atoms with Gasteiger partial charge in [0.25, 0.3) is 0 Å². The highest BCUT2D eigenvalue weighted by Gasteiger charge is 2.40. The molecular formula is C24H27NO4S. The molecule has 2 aromatic carbocycles. The second kappa shape index (κ2) is 8.44. The number of anilines is 1. The van der Waals surface area contributed by atoms with Crippen molar-refractivity contribution in [1.29, 1.82) is 0 Å². The first-order valence-electron chi connectivity index (χ1n) is 10.4. The average Bonchev–Trinajstić information content (AvgIpc) is 2.70. The zero-order valence-corrected chi connectivity index (χ0v) is 18.5. The number of aryl methyl sites for hydroxylation is 1. The summed E-state index contributed by atoms with van der Waals surface area (Å²) in [5, 5.41) is 0. The van der Waals surface area contributed by atoms with Gasteiger partial charge in [-0.05, 0) is 54.8 Å². The summed E-state index contributed by atoms with van der Waals surface area (Å²) in [5.41, 5.74) is 2.57. The summed E-state index contributed by atoms with van der Waals surface area (Å²) in [7, 11) is 1.83. The summed E-state index contributed by atoms with van der Waals surface area (Å²) >= 11 is 1.68. The molecule has 1 fully saturated rings. The fraction of sp³-hybridized carbons (Fsp3) is 0.417. The molecule has 0 aliphatic carbocycles. The number of carbonyl (C=O) groups is 2. The first kappa shape index (κ1) is 20.9. The van der Waals surface area contributed by atoms with Crippen LogP contribution in [0.5, 0.6) is 0 Å². The maximum absolute atomic E-state index is 11.9. The molecule has 2 heterocycles. The fourth-order valence-corrected chi connectivity index (χ4v) is 5.36. The second-order valence-corrected chi connectivity index (χ2v) is 9.24. The van der Waals surface area contributed by atoms with Gasteiger partial charge in [0.05, 0.1) is 12.7 Å². The van der Waals surface area contributed by atoms with E-state index >= 15 is 0 Å². The van der Waals surface area contributed by atoms with E-state index in [4.69, 9.17) is 9.47 Å².